The van der Waals surface area contributed by atoms with Crippen LogP contribution in [0.2, 0.25) is 0 Å². The molecule has 0 aliphatic carbocycles. The highest BCUT2D eigenvalue weighted by atomic mass is 16.7. The summed E-state index contributed by atoms with van der Waals surface area (Å²) in [6.45, 7) is 6.79. The summed E-state index contributed by atoms with van der Waals surface area (Å²) >= 11 is 0. The molecular weight excluding hydrogens is 198 g/mol. The van der Waals surface area contributed by atoms with Crippen LogP contribution in [0, 0.1) is 0 Å². The van der Waals surface area contributed by atoms with Gasteiger partial charge < -0.3 is 19.5 Å². The first-order valence-corrected chi connectivity index (χ1v) is 5.28. The van der Waals surface area contributed by atoms with Crippen molar-refractivity contribution in [2.24, 2.45) is 0 Å². The molecule has 1 unspecified atom stereocenters. The van der Waals surface area contributed by atoms with Crippen LogP contribution in [-0.4, -0.2) is 45.2 Å². The summed E-state index contributed by atoms with van der Waals surface area (Å²) in [5.41, 5.74) is 0. The molecule has 0 spiro atoms. The SMILES string of the molecule is CCOC(=O)C(NC)C(OCC)OCC. The van der Waals surface area contributed by atoms with E-state index in [0.717, 1.165) is 0 Å². The van der Waals surface area contributed by atoms with Gasteiger partial charge in [0.1, 0.15) is 0 Å². The van der Waals surface area contributed by atoms with Crippen LogP contribution in [0.5, 0.6) is 0 Å². The summed E-state index contributed by atoms with van der Waals surface area (Å²) in [5.74, 6) is -0.355. The summed E-state index contributed by atoms with van der Waals surface area (Å²) < 4.78 is 15.5. The Morgan fingerprint density at radius 2 is 1.67 bits per heavy atom. The first-order valence-electron chi connectivity index (χ1n) is 5.28. The normalized spacial score (nSPS) is 12.9. The molecule has 90 valence electrons. The van der Waals surface area contributed by atoms with Gasteiger partial charge in [-0.05, 0) is 27.8 Å². The van der Waals surface area contributed by atoms with E-state index in [0.29, 0.717) is 19.8 Å². The van der Waals surface area contributed by atoms with Gasteiger partial charge in [0, 0.05) is 13.2 Å². The molecule has 5 nitrogen and oxygen atoms in total. The molecule has 0 aromatic heterocycles. The van der Waals surface area contributed by atoms with Crippen molar-refractivity contribution >= 4 is 5.97 Å². The molecule has 5 heteroatoms. The number of hydrogen-bond donors (Lipinski definition) is 1. The highest BCUT2D eigenvalue weighted by Crippen LogP contribution is 2.04. The lowest BCUT2D eigenvalue weighted by Gasteiger charge is -2.24. The van der Waals surface area contributed by atoms with Gasteiger partial charge in [0.05, 0.1) is 6.61 Å². The minimum Gasteiger partial charge on any atom is -0.465 e. The fourth-order valence-electron chi connectivity index (χ4n) is 1.17. The fraction of sp³-hybridized carbons (Fsp3) is 0.900. The van der Waals surface area contributed by atoms with Gasteiger partial charge in [0.15, 0.2) is 12.3 Å². The molecule has 0 bridgehead atoms. The zero-order chi connectivity index (χ0) is 11.7. The second kappa shape index (κ2) is 8.64. The van der Waals surface area contributed by atoms with Crippen molar-refractivity contribution in [1.82, 2.24) is 5.32 Å². The summed E-state index contributed by atoms with van der Waals surface area (Å²) in [5, 5.41) is 2.83. The third-order valence-electron chi connectivity index (χ3n) is 1.79. The third kappa shape index (κ3) is 5.11. The van der Waals surface area contributed by atoms with Gasteiger partial charge in [-0.25, -0.2) is 0 Å². The van der Waals surface area contributed by atoms with E-state index in [1.807, 2.05) is 13.8 Å². The summed E-state index contributed by atoms with van der Waals surface area (Å²) in [6.07, 6.45) is -0.593. The fourth-order valence-corrected chi connectivity index (χ4v) is 1.17. The molecule has 0 amide bonds. The first-order chi connectivity index (χ1) is 7.21. The lowest BCUT2D eigenvalue weighted by Crippen LogP contribution is -2.48. The van der Waals surface area contributed by atoms with E-state index in [4.69, 9.17) is 14.2 Å². The van der Waals surface area contributed by atoms with Crippen molar-refractivity contribution < 1.29 is 19.0 Å². The topological polar surface area (TPSA) is 56.8 Å². The Morgan fingerprint density at radius 3 is 2.00 bits per heavy atom. The van der Waals surface area contributed by atoms with Crippen LogP contribution in [-0.2, 0) is 19.0 Å². The highest BCUT2D eigenvalue weighted by Gasteiger charge is 2.29. The zero-order valence-corrected chi connectivity index (χ0v) is 9.91. The molecule has 0 aromatic carbocycles. The molecule has 1 N–H and O–H groups in total. The number of carbonyl (C=O) groups is 1. The van der Waals surface area contributed by atoms with Crippen LogP contribution in [0.3, 0.4) is 0 Å². The Morgan fingerprint density at radius 1 is 1.13 bits per heavy atom. The highest BCUT2D eigenvalue weighted by molar-refractivity contribution is 5.76. The summed E-state index contributed by atoms with van der Waals surface area (Å²) in [7, 11) is 1.67. The van der Waals surface area contributed by atoms with Crippen molar-refractivity contribution in [3.8, 4) is 0 Å². The number of rotatable bonds is 8. The van der Waals surface area contributed by atoms with Crippen LogP contribution in [0.15, 0.2) is 0 Å². The Bertz CT molecular complexity index is 169. The lowest BCUT2D eigenvalue weighted by molar-refractivity contribution is -0.178. The molecule has 15 heavy (non-hydrogen) atoms. The largest absolute Gasteiger partial charge is 0.465 e. The van der Waals surface area contributed by atoms with E-state index in [1.54, 1.807) is 14.0 Å². The standard InChI is InChI=1S/C10H21NO4/c1-5-13-9(12)8(11-4)10(14-6-2)15-7-3/h8,10-11H,5-7H2,1-4H3. The number of hydrogen-bond acceptors (Lipinski definition) is 5. The van der Waals surface area contributed by atoms with E-state index in [-0.39, 0.29) is 5.97 Å². The van der Waals surface area contributed by atoms with Gasteiger partial charge in [-0.3, -0.25) is 4.79 Å². The quantitative estimate of drug-likeness (QED) is 0.477. The number of ether oxygens (including phenoxy) is 3. The maximum Gasteiger partial charge on any atom is 0.328 e. The third-order valence-corrected chi connectivity index (χ3v) is 1.79. The van der Waals surface area contributed by atoms with Crippen LogP contribution in [0.4, 0.5) is 0 Å². The second-order valence-electron chi connectivity index (χ2n) is 2.80. The Kier molecular flexibility index (Phi) is 8.27. The minimum atomic E-state index is -0.593. The maximum absolute atomic E-state index is 11.5. The Balaban J connectivity index is 4.35. The van der Waals surface area contributed by atoms with Crippen LogP contribution in [0.25, 0.3) is 0 Å². The average Bonchev–Trinajstić information content (AvgIpc) is 2.20. The van der Waals surface area contributed by atoms with E-state index < -0.39 is 12.3 Å². The molecule has 1 atom stereocenters. The average molecular weight is 219 g/mol. The monoisotopic (exact) mass is 219 g/mol. The van der Waals surface area contributed by atoms with Gasteiger partial charge >= 0.3 is 5.97 Å². The van der Waals surface area contributed by atoms with Crippen molar-refractivity contribution in [2.45, 2.75) is 33.1 Å². The Labute approximate surface area is 91.1 Å². The van der Waals surface area contributed by atoms with E-state index in [1.165, 1.54) is 0 Å². The molecule has 0 heterocycles. The Hall–Kier alpha value is -0.650. The summed E-state index contributed by atoms with van der Waals surface area (Å²) in [4.78, 5) is 11.5. The van der Waals surface area contributed by atoms with Crippen molar-refractivity contribution in [3.05, 3.63) is 0 Å². The number of esters is 1. The molecule has 0 aromatic rings. The number of carbonyl (C=O) groups excluding carboxylic acids is 1. The maximum atomic E-state index is 11.5. The summed E-state index contributed by atoms with van der Waals surface area (Å²) in [6, 6.07) is -0.579. The first kappa shape index (κ1) is 14.3. The van der Waals surface area contributed by atoms with E-state index >= 15 is 0 Å². The molecular formula is C10H21NO4. The van der Waals surface area contributed by atoms with Crippen LogP contribution < -0.4 is 5.32 Å². The molecule has 0 rings (SSSR count). The number of likely N-dealkylation sites (N-methyl/N-ethyl adjacent to an activating group) is 1. The van der Waals surface area contributed by atoms with Crippen molar-refractivity contribution in [1.29, 1.82) is 0 Å². The van der Waals surface area contributed by atoms with Gasteiger partial charge in [0.2, 0.25) is 0 Å². The predicted molar refractivity (Wildman–Crippen MR) is 56.5 cm³/mol. The molecule has 0 saturated heterocycles. The lowest BCUT2D eigenvalue weighted by atomic mass is 10.3. The van der Waals surface area contributed by atoms with Crippen LogP contribution >= 0.6 is 0 Å². The predicted octanol–water partition coefficient (Wildman–Crippen LogP) is 0.537. The van der Waals surface area contributed by atoms with Gasteiger partial charge in [-0.2, -0.15) is 0 Å². The smallest absolute Gasteiger partial charge is 0.328 e. The van der Waals surface area contributed by atoms with Crippen LogP contribution in [0.1, 0.15) is 20.8 Å². The second-order valence-corrected chi connectivity index (χ2v) is 2.80. The van der Waals surface area contributed by atoms with Crippen molar-refractivity contribution in [3.63, 3.8) is 0 Å². The molecule has 0 saturated carbocycles. The molecule has 0 aliphatic heterocycles. The van der Waals surface area contributed by atoms with Gasteiger partial charge in [-0.15, -0.1) is 0 Å². The van der Waals surface area contributed by atoms with E-state index in [9.17, 15) is 4.79 Å². The molecule has 0 aliphatic rings. The van der Waals surface area contributed by atoms with Gasteiger partial charge in [0.25, 0.3) is 0 Å². The van der Waals surface area contributed by atoms with E-state index in [2.05, 4.69) is 5.32 Å². The van der Waals surface area contributed by atoms with Crippen molar-refractivity contribution in [2.75, 3.05) is 26.9 Å². The molecule has 0 fully saturated rings. The van der Waals surface area contributed by atoms with Gasteiger partial charge in [-0.1, -0.05) is 0 Å². The minimum absolute atomic E-state index is 0.349. The zero-order valence-electron chi connectivity index (χ0n) is 9.91. The molecule has 0 radical (unpaired) electrons. The number of nitrogens with one attached hydrogen (secondary N) is 1.